The molecule has 0 atom stereocenters. The first-order valence-electron chi connectivity index (χ1n) is 8.25. The summed E-state index contributed by atoms with van der Waals surface area (Å²) in [7, 11) is 0. The number of likely N-dealkylation sites (tertiary alicyclic amines) is 1. The standard InChI is InChI=1S/C19H21FN2O2/c1-3-10-22-18(23)16(14-4-6-15(20)7-5-14)17(19(22)24)21-11-8-13(2)9-12-21/h3-7,13H,1,8-12H2,2H3. The highest BCUT2D eigenvalue weighted by molar-refractivity contribution is 6.35. The van der Waals surface area contributed by atoms with E-state index < -0.39 is 0 Å². The van der Waals surface area contributed by atoms with E-state index in [-0.39, 0.29) is 24.2 Å². The van der Waals surface area contributed by atoms with E-state index in [4.69, 9.17) is 0 Å². The third kappa shape index (κ3) is 2.86. The minimum absolute atomic E-state index is 0.177. The lowest BCUT2D eigenvalue weighted by atomic mass is 9.97. The maximum absolute atomic E-state index is 13.2. The zero-order valence-electron chi connectivity index (χ0n) is 13.8. The van der Waals surface area contributed by atoms with Crippen molar-refractivity contribution in [2.24, 2.45) is 5.92 Å². The van der Waals surface area contributed by atoms with Gasteiger partial charge in [0.25, 0.3) is 11.8 Å². The number of imide groups is 1. The number of nitrogens with zero attached hydrogens (tertiary/aromatic N) is 2. The van der Waals surface area contributed by atoms with E-state index in [0.717, 1.165) is 25.9 Å². The van der Waals surface area contributed by atoms with Crippen LogP contribution >= 0.6 is 0 Å². The van der Waals surface area contributed by atoms with Gasteiger partial charge in [0.05, 0.1) is 5.57 Å². The van der Waals surface area contributed by atoms with Crippen LogP contribution in [0.15, 0.2) is 42.6 Å². The molecule has 0 N–H and O–H groups in total. The molecule has 24 heavy (non-hydrogen) atoms. The molecule has 2 aliphatic heterocycles. The monoisotopic (exact) mass is 328 g/mol. The maximum atomic E-state index is 13.2. The SMILES string of the molecule is C=CCN1C(=O)C(c2ccc(F)cc2)=C(N2CCC(C)CC2)C1=O. The van der Waals surface area contributed by atoms with Crippen LogP contribution in [0.4, 0.5) is 4.39 Å². The van der Waals surface area contributed by atoms with Crippen LogP contribution in [0.5, 0.6) is 0 Å². The molecular formula is C19H21FN2O2. The lowest BCUT2D eigenvalue weighted by Gasteiger charge is -2.32. The van der Waals surface area contributed by atoms with Crippen molar-refractivity contribution in [3.05, 3.63) is 54.0 Å². The van der Waals surface area contributed by atoms with Gasteiger partial charge in [-0.05, 0) is 36.5 Å². The van der Waals surface area contributed by atoms with Crippen LogP contribution in [0.3, 0.4) is 0 Å². The summed E-state index contributed by atoms with van der Waals surface area (Å²) in [5.41, 5.74) is 1.40. The van der Waals surface area contributed by atoms with Gasteiger partial charge in [0.2, 0.25) is 0 Å². The molecule has 0 radical (unpaired) electrons. The third-order valence-electron chi connectivity index (χ3n) is 4.69. The number of hydrogen-bond acceptors (Lipinski definition) is 3. The molecule has 0 spiro atoms. The van der Waals surface area contributed by atoms with Crippen LogP contribution in [0.2, 0.25) is 0 Å². The molecule has 126 valence electrons. The van der Waals surface area contributed by atoms with Gasteiger partial charge in [-0.1, -0.05) is 25.1 Å². The Morgan fingerprint density at radius 2 is 1.79 bits per heavy atom. The molecule has 2 aliphatic rings. The summed E-state index contributed by atoms with van der Waals surface area (Å²) in [6, 6.07) is 5.73. The first kappa shape index (κ1) is 16.4. The van der Waals surface area contributed by atoms with Gasteiger partial charge in [-0.15, -0.1) is 6.58 Å². The van der Waals surface area contributed by atoms with Gasteiger partial charge in [-0.25, -0.2) is 4.39 Å². The largest absolute Gasteiger partial charge is 0.366 e. The Bertz CT molecular complexity index is 701. The average Bonchev–Trinajstić information content (AvgIpc) is 2.82. The van der Waals surface area contributed by atoms with E-state index in [1.54, 1.807) is 18.2 Å². The molecule has 1 aromatic rings. The van der Waals surface area contributed by atoms with E-state index >= 15 is 0 Å². The lowest BCUT2D eigenvalue weighted by Crippen LogP contribution is -2.38. The Balaban J connectivity index is 2.05. The zero-order chi connectivity index (χ0) is 17.3. The molecule has 1 aromatic carbocycles. The third-order valence-corrected chi connectivity index (χ3v) is 4.69. The maximum Gasteiger partial charge on any atom is 0.278 e. The fraction of sp³-hybridized carbons (Fsp3) is 0.368. The minimum Gasteiger partial charge on any atom is -0.366 e. The quantitative estimate of drug-likeness (QED) is 0.630. The highest BCUT2D eigenvalue weighted by atomic mass is 19.1. The van der Waals surface area contributed by atoms with Gasteiger partial charge in [0, 0.05) is 19.6 Å². The highest BCUT2D eigenvalue weighted by Gasteiger charge is 2.41. The van der Waals surface area contributed by atoms with Crippen molar-refractivity contribution < 1.29 is 14.0 Å². The topological polar surface area (TPSA) is 40.6 Å². The number of piperidine rings is 1. The molecule has 1 fully saturated rings. The molecule has 5 heteroatoms. The molecule has 4 nitrogen and oxygen atoms in total. The van der Waals surface area contributed by atoms with E-state index in [1.165, 1.54) is 17.0 Å². The van der Waals surface area contributed by atoms with Crippen molar-refractivity contribution in [3.8, 4) is 0 Å². The van der Waals surface area contributed by atoms with Gasteiger partial charge in [0.1, 0.15) is 11.5 Å². The molecular weight excluding hydrogens is 307 g/mol. The minimum atomic E-state index is -0.368. The van der Waals surface area contributed by atoms with E-state index in [9.17, 15) is 14.0 Å². The van der Waals surface area contributed by atoms with Crippen LogP contribution in [0, 0.1) is 11.7 Å². The number of halogens is 1. The smallest absolute Gasteiger partial charge is 0.278 e. The Morgan fingerprint density at radius 3 is 2.38 bits per heavy atom. The molecule has 2 amide bonds. The van der Waals surface area contributed by atoms with Gasteiger partial charge in [0.15, 0.2) is 0 Å². The molecule has 1 saturated heterocycles. The van der Waals surface area contributed by atoms with E-state index in [2.05, 4.69) is 13.5 Å². The van der Waals surface area contributed by atoms with Crippen molar-refractivity contribution in [1.82, 2.24) is 9.80 Å². The Hall–Kier alpha value is -2.43. The number of carbonyl (C=O) groups excluding carboxylic acids is 2. The first-order valence-corrected chi connectivity index (χ1v) is 8.25. The average molecular weight is 328 g/mol. The van der Waals surface area contributed by atoms with Crippen molar-refractivity contribution in [2.75, 3.05) is 19.6 Å². The summed E-state index contributed by atoms with van der Waals surface area (Å²) in [5, 5.41) is 0. The number of amides is 2. The normalized spacial score (nSPS) is 19.4. The van der Waals surface area contributed by atoms with Crippen LogP contribution in [0.25, 0.3) is 5.57 Å². The lowest BCUT2D eigenvalue weighted by molar-refractivity contribution is -0.137. The summed E-state index contributed by atoms with van der Waals surface area (Å²) < 4.78 is 13.2. The summed E-state index contributed by atoms with van der Waals surface area (Å²) in [6.45, 7) is 7.50. The fourth-order valence-electron chi connectivity index (χ4n) is 3.26. The number of carbonyl (C=O) groups is 2. The summed E-state index contributed by atoms with van der Waals surface area (Å²) in [5.74, 6) is -0.367. The van der Waals surface area contributed by atoms with Crippen molar-refractivity contribution in [2.45, 2.75) is 19.8 Å². The van der Waals surface area contributed by atoms with E-state index in [1.807, 2.05) is 4.90 Å². The van der Waals surface area contributed by atoms with E-state index in [0.29, 0.717) is 22.8 Å². The Labute approximate surface area is 141 Å². The predicted molar refractivity (Wildman–Crippen MR) is 90.2 cm³/mol. The van der Waals surface area contributed by atoms with Crippen molar-refractivity contribution in [3.63, 3.8) is 0 Å². The van der Waals surface area contributed by atoms with Gasteiger partial charge in [-0.2, -0.15) is 0 Å². The number of rotatable bonds is 4. The first-order chi connectivity index (χ1) is 11.5. The molecule has 3 rings (SSSR count). The summed E-state index contributed by atoms with van der Waals surface area (Å²) in [6.07, 6.45) is 3.52. The van der Waals surface area contributed by atoms with Gasteiger partial charge >= 0.3 is 0 Å². The van der Waals surface area contributed by atoms with Crippen LogP contribution in [0.1, 0.15) is 25.3 Å². The highest BCUT2D eigenvalue weighted by Crippen LogP contribution is 2.33. The molecule has 0 saturated carbocycles. The number of benzene rings is 1. The summed E-state index contributed by atoms with van der Waals surface area (Å²) >= 11 is 0. The van der Waals surface area contributed by atoms with Crippen LogP contribution in [-0.2, 0) is 9.59 Å². The van der Waals surface area contributed by atoms with Crippen molar-refractivity contribution in [1.29, 1.82) is 0 Å². The van der Waals surface area contributed by atoms with Crippen LogP contribution in [-0.4, -0.2) is 41.2 Å². The Morgan fingerprint density at radius 1 is 1.17 bits per heavy atom. The zero-order valence-corrected chi connectivity index (χ0v) is 13.8. The predicted octanol–water partition coefficient (Wildman–Crippen LogP) is 2.82. The van der Waals surface area contributed by atoms with Crippen molar-refractivity contribution >= 4 is 17.4 Å². The second-order valence-corrected chi connectivity index (χ2v) is 6.41. The second-order valence-electron chi connectivity index (χ2n) is 6.41. The molecule has 2 heterocycles. The van der Waals surface area contributed by atoms with Crippen LogP contribution < -0.4 is 0 Å². The molecule has 0 aliphatic carbocycles. The van der Waals surface area contributed by atoms with Gasteiger partial charge < -0.3 is 4.90 Å². The number of hydrogen-bond donors (Lipinski definition) is 0. The molecule has 0 bridgehead atoms. The summed E-state index contributed by atoms with van der Waals surface area (Å²) in [4.78, 5) is 28.8. The molecule has 0 aromatic heterocycles. The fourth-order valence-corrected chi connectivity index (χ4v) is 3.26. The Kier molecular flexibility index (Phi) is 4.51. The molecule has 0 unspecified atom stereocenters. The van der Waals surface area contributed by atoms with Gasteiger partial charge in [-0.3, -0.25) is 14.5 Å². The second kappa shape index (κ2) is 6.59.